The maximum absolute atomic E-state index is 4.06. The van der Waals surface area contributed by atoms with Crippen LogP contribution in [0.5, 0.6) is 0 Å². The predicted molar refractivity (Wildman–Crippen MR) is 72.3 cm³/mol. The molecule has 82 valence electrons. The smallest absolute Gasteiger partial charge is 0.0812 e. The van der Waals surface area contributed by atoms with E-state index in [1.54, 1.807) is 5.19 Å². The van der Waals surface area contributed by atoms with E-state index >= 15 is 0 Å². The third-order valence-corrected chi connectivity index (χ3v) is 6.74. The summed E-state index contributed by atoms with van der Waals surface area (Å²) in [5, 5.41) is 1.55. The minimum atomic E-state index is -1.27. The molecule has 0 aliphatic carbocycles. The summed E-state index contributed by atoms with van der Waals surface area (Å²) in [5.41, 5.74) is 1.31. The van der Waals surface area contributed by atoms with Crippen molar-refractivity contribution in [2.75, 3.05) is 0 Å². The van der Waals surface area contributed by atoms with Gasteiger partial charge in [0.25, 0.3) is 0 Å². The van der Waals surface area contributed by atoms with Crippen molar-refractivity contribution in [2.45, 2.75) is 33.0 Å². The Hall–Kier alpha value is -0.823. The van der Waals surface area contributed by atoms with Crippen molar-refractivity contribution in [1.82, 2.24) is 0 Å². The molecule has 0 N–H and O–H groups in total. The molecule has 15 heavy (non-hydrogen) atoms. The molecule has 0 saturated carbocycles. The molecule has 0 spiro atoms. The molecule has 1 heteroatoms. The molecule has 0 nitrogen and oxygen atoms in total. The first-order valence-corrected chi connectivity index (χ1v) is 8.85. The molecule has 1 aromatic rings. The molecule has 0 heterocycles. The van der Waals surface area contributed by atoms with Crippen molar-refractivity contribution < 1.29 is 0 Å². The van der Waals surface area contributed by atoms with Gasteiger partial charge in [0.15, 0.2) is 0 Å². The van der Waals surface area contributed by atoms with Crippen LogP contribution in [0.15, 0.2) is 42.5 Å². The minimum Gasteiger partial charge on any atom is -0.0999 e. The summed E-state index contributed by atoms with van der Waals surface area (Å²) in [5.74, 6) is 0.645. The molecule has 1 aromatic carbocycles. The van der Waals surface area contributed by atoms with Gasteiger partial charge in [-0.3, -0.25) is 0 Å². The second-order valence-electron chi connectivity index (χ2n) is 5.20. The normalized spacial score (nSPS) is 13.6. The van der Waals surface area contributed by atoms with Crippen LogP contribution in [0.3, 0.4) is 0 Å². The average molecular weight is 218 g/mol. The molecular weight excluding hydrogens is 196 g/mol. The highest BCUT2D eigenvalue weighted by molar-refractivity contribution is 6.89. The first-order chi connectivity index (χ1) is 6.93. The molecule has 1 atom stereocenters. The quantitative estimate of drug-likeness (QED) is 0.532. The van der Waals surface area contributed by atoms with Gasteiger partial charge in [-0.25, -0.2) is 0 Å². The summed E-state index contributed by atoms with van der Waals surface area (Å²) in [6.07, 6.45) is 0. The van der Waals surface area contributed by atoms with E-state index in [1.165, 1.54) is 11.6 Å². The Bertz CT molecular complexity index is 324. The second-order valence-corrected chi connectivity index (χ2v) is 9.95. The maximum Gasteiger partial charge on any atom is 0.0812 e. The van der Waals surface area contributed by atoms with E-state index in [0.717, 1.165) is 0 Å². The van der Waals surface area contributed by atoms with Crippen molar-refractivity contribution in [3.8, 4) is 0 Å². The Morgan fingerprint density at radius 2 is 1.80 bits per heavy atom. The summed E-state index contributed by atoms with van der Waals surface area (Å²) >= 11 is 0. The van der Waals surface area contributed by atoms with Crippen LogP contribution in [-0.2, 0) is 0 Å². The number of benzene rings is 1. The molecule has 0 fully saturated rings. The maximum atomic E-state index is 4.06. The van der Waals surface area contributed by atoms with E-state index in [-0.39, 0.29) is 0 Å². The topological polar surface area (TPSA) is 0 Å². The highest BCUT2D eigenvalue weighted by atomic mass is 28.3. The van der Waals surface area contributed by atoms with Crippen LogP contribution >= 0.6 is 0 Å². The fourth-order valence-corrected chi connectivity index (χ4v) is 5.16. The van der Waals surface area contributed by atoms with Gasteiger partial charge in [-0.15, -0.1) is 0 Å². The molecular formula is C14H22Si. The minimum absolute atomic E-state index is 0.645. The van der Waals surface area contributed by atoms with Crippen LogP contribution in [0.4, 0.5) is 0 Å². The Labute approximate surface area is 95.0 Å². The molecule has 1 rings (SSSR count). The highest BCUT2D eigenvalue weighted by Gasteiger charge is 2.25. The summed E-state index contributed by atoms with van der Waals surface area (Å²) in [6, 6.07) is 12.2. The first kappa shape index (κ1) is 12.2. The highest BCUT2D eigenvalue weighted by Crippen LogP contribution is 2.21. The van der Waals surface area contributed by atoms with Crippen LogP contribution in [-0.4, -0.2) is 8.07 Å². The van der Waals surface area contributed by atoms with E-state index < -0.39 is 8.07 Å². The van der Waals surface area contributed by atoms with Gasteiger partial charge in [0.05, 0.1) is 8.07 Å². The number of hydrogen-bond acceptors (Lipinski definition) is 0. The molecule has 0 aliphatic rings. The van der Waals surface area contributed by atoms with Crippen LogP contribution in [0.2, 0.25) is 19.1 Å². The van der Waals surface area contributed by atoms with Crippen molar-refractivity contribution in [1.29, 1.82) is 0 Å². The standard InChI is InChI=1S/C14H22Si/c1-12(2)13(3)11-15(4,5)14-9-7-6-8-10-14/h6-10,13H,1,11H2,2-5H3. The van der Waals surface area contributed by atoms with Crippen molar-refractivity contribution >= 4 is 13.3 Å². The molecule has 0 amide bonds. The summed E-state index contributed by atoms with van der Waals surface area (Å²) in [4.78, 5) is 0. The summed E-state index contributed by atoms with van der Waals surface area (Å²) < 4.78 is 0. The van der Waals surface area contributed by atoms with Crippen molar-refractivity contribution in [2.24, 2.45) is 5.92 Å². The van der Waals surface area contributed by atoms with E-state index in [9.17, 15) is 0 Å². The van der Waals surface area contributed by atoms with Crippen LogP contribution in [0.1, 0.15) is 13.8 Å². The Morgan fingerprint density at radius 1 is 1.27 bits per heavy atom. The van der Waals surface area contributed by atoms with Crippen LogP contribution in [0, 0.1) is 5.92 Å². The third kappa shape index (κ3) is 3.35. The second kappa shape index (κ2) is 4.80. The van der Waals surface area contributed by atoms with Gasteiger partial charge in [-0.2, -0.15) is 0 Å². The van der Waals surface area contributed by atoms with Crippen molar-refractivity contribution in [3.05, 3.63) is 42.5 Å². The lowest BCUT2D eigenvalue weighted by Gasteiger charge is -2.26. The monoisotopic (exact) mass is 218 g/mol. The fraction of sp³-hybridized carbons (Fsp3) is 0.429. The lowest BCUT2D eigenvalue weighted by molar-refractivity contribution is 0.758. The van der Waals surface area contributed by atoms with E-state index in [4.69, 9.17) is 0 Å². The van der Waals surface area contributed by atoms with Gasteiger partial charge < -0.3 is 0 Å². The van der Waals surface area contributed by atoms with E-state index in [1.807, 2.05) is 0 Å². The SMILES string of the molecule is C=C(C)C(C)C[Si](C)(C)c1ccccc1. The summed E-state index contributed by atoms with van der Waals surface area (Å²) in [7, 11) is -1.27. The predicted octanol–water partition coefficient (Wildman–Crippen LogP) is 3.81. The average Bonchev–Trinajstić information content (AvgIpc) is 2.18. The molecule has 0 bridgehead atoms. The van der Waals surface area contributed by atoms with E-state index in [0.29, 0.717) is 5.92 Å². The Morgan fingerprint density at radius 3 is 2.27 bits per heavy atom. The molecule has 1 unspecified atom stereocenters. The van der Waals surface area contributed by atoms with Crippen molar-refractivity contribution in [3.63, 3.8) is 0 Å². The first-order valence-electron chi connectivity index (χ1n) is 5.64. The summed E-state index contributed by atoms with van der Waals surface area (Å²) in [6.45, 7) is 13.4. The Balaban J connectivity index is 2.80. The van der Waals surface area contributed by atoms with Gasteiger partial charge >= 0.3 is 0 Å². The lowest BCUT2D eigenvalue weighted by atomic mass is 10.1. The molecule has 0 aromatic heterocycles. The zero-order chi connectivity index (χ0) is 11.5. The third-order valence-electron chi connectivity index (χ3n) is 3.21. The Kier molecular flexibility index (Phi) is 3.92. The zero-order valence-electron chi connectivity index (χ0n) is 10.4. The van der Waals surface area contributed by atoms with Crippen LogP contribution in [0.25, 0.3) is 0 Å². The number of rotatable bonds is 4. The largest absolute Gasteiger partial charge is 0.0999 e. The van der Waals surface area contributed by atoms with Gasteiger partial charge in [0.2, 0.25) is 0 Å². The van der Waals surface area contributed by atoms with E-state index in [2.05, 4.69) is 63.9 Å². The van der Waals surface area contributed by atoms with Crippen LogP contribution < -0.4 is 5.19 Å². The molecule has 0 aliphatic heterocycles. The van der Waals surface area contributed by atoms with Gasteiger partial charge in [0, 0.05) is 0 Å². The zero-order valence-corrected chi connectivity index (χ0v) is 11.4. The number of hydrogen-bond donors (Lipinski definition) is 0. The molecule has 0 saturated heterocycles. The van der Waals surface area contributed by atoms with Gasteiger partial charge in [-0.1, -0.05) is 67.7 Å². The lowest BCUT2D eigenvalue weighted by Crippen LogP contribution is -2.42. The fourth-order valence-electron chi connectivity index (χ4n) is 1.95. The molecule has 0 radical (unpaired) electrons. The van der Waals surface area contributed by atoms with Gasteiger partial charge in [0.1, 0.15) is 0 Å². The van der Waals surface area contributed by atoms with Gasteiger partial charge in [-0.05, 0) is 18.9 Å². The number of allylic oxidation sites excluding steroid dienone is 1.